The molecule has 0 aromatic carbocycles. The van der Waals surface area contributed by atoms with E-state index in [9.17, 15) is 4.79 Å². The van der Waals surface area contributed by atoms with Gasteiger partial charge in [-0.25, -0.2) is 5.48 Å². The van der Waals surface area contributed by atoms with Crippen LogP contribution in [-0.2, 0) is 9.63 Å². The molecule has 1 amide bonds. The van der Waals surface area contributed by atoms with Crippen LogP contribution in [0.1, 0.15) is 77.6 Å². The Kier molecular flexibility index (Phi) is 8.06. The van der Waals surface area contributed by atoms with Crippen LogP contribution in [0, 0.1) is 0 Å². The van der Waals surface area contributed by atoms with Gasteiger partial charge in [0, 0.05) is 6.42 Å². The second-order valence-electron chi connectivity index (χ2n) is 5.07. The molecule has 0 aromatic heterocycles. The minimum atomic E-state index is 0.0466. The van der Waals surface area contributed by atoms with Crippen molar-refractivity contribution in [1.29, 1.82) is 0 Å². The van der Waals surface area contributed by atoms with E-state index in [0.29, 0.717) is 6.42 Å². The number of carbonyl (C=O) groups is 1. The Labute approximate surface area is 105 Å². The standard InChI is InChI=1S/C14H27NO2/c1-2-3-4-9-12-14(16)15-17-13-10-7-5-6-8-11-13/h13H,2-12H2,1H3,(H,15,16). The largest absolute Gasteiger partial charge is 0.273 e. The fourth-order valence-electron chi connectivity index (χ4n) is 2.27. The van der Waals surface area contributed by atoms with Crippen LogP contribution in [-0.4, -0.2) is 12.0 Å². The zero-order chi connectivity index (χ0) is 12.3. The monoisotopic (exact) mass is 241 g/mol. The normalized spacial score (nSPS) is 17.7. The van der Waals surface area contributed by atoms with Crippen LogP contribution < -0.4 is 5.48 Å². The van der Waals surface area contributed by atoms with Gasteiger partial charge in [0.15, 0.2) is 0 Å². The highest BCUT2D eigenvalue weighted by Crippen LogP contribution is 2.19. The van der Waals surface area contributed by atoms with E-state index in [2.05, 4.69) is 12.4 Å². The van der Waals surface area contributed by atoms with Crippen molar-refractivity contribution in [2.75, 3.05) is 0 Å². The first-order valence-corrected chi connectivity index (χ1v) is 7.27. The predicted molar refractivity (Wildman–Crippen MR) is 69.5 cm³/mol. The predicted octanol–water partition coefficient (Wildman–Crippen LogP) is 3.73. The number of nitrogens with one attached hydrogen (secondary N) is 1. The van der Waals surface area contributed by atoms with Crippen molar-refractivity contribution < 1.29 is 9.63 Å². The van der Waals surface area contributed by atoms with Crippen molar-refractivity contribution in [2.24, 2.45) is 0 Å². The van der Waals surface area contributed by atoms with Gasteiger partial charge in [-0.05, 0) is 19.3 Å². The number of rotatable bonds is 7. The lowest BCUT2D eigenvalue weighted by Crippen LogP contribution is -2.29. The van der Waals surface area contributed by atoms with Gasteiger partial charge in [0.2, 0.25) is 5.91 Å². The molecule has 0 bridgehead atoms. The summed E-state index contributed by atoms with van der Waals surface area (Å²) in [7, 11) is 0. The SMILES string of the molecule is CCCCCCC(=O)NOC1CCCCCC1. The maximum atomic E-state index is 11.5. The topological polar surface area (TPSA) is 38.3 Å². The average Bonchev–Trinajstić information content (AvgIpc) is 2.60. The Morgan fingerprint density at radius 2 is 1.82 bits per heavy atom. The molecule has 1 aliphatic rings. The molecule has 1 N–H and O–H groups in total. The molecule has 0 aliphatic heterocycles. The van der Waals surface area contributed by atoms with Crippen molar-refractivity contribution in [1.82, 2.24) is 5.48 Å². The highest BCUT2D eigenvalue weighted by atomic mass is 16.7. The van der Waals surface area contributed by atoms with E-state index in [-0.39, 0.29) is 12.0 Å². The Morgan fingerprint density at radius 1 is 1.12 bits per heavy atom. The third-order valence-corrected chi connectivity index (χ3v) is 3.40. The molecule has 1 aliphatic carbocycles. The second-order valence-corrected chi connectivity index (χ2v) is 5.07. The molecule has 1 rings (SSSR count). The summed E-state index contributed by atoms with van der Waals surface area (Å²) in [5, 5.41) is 0. The lowest BCUT2D eigenvalue weighted by atomic mass is 10.1. The van der Waals surface area contributed by atoms with Gasteiger partial charge >= 0.3 is 0 Å². The Hall–Kier alpha value is -0.570. The van der Waals surface area contributed by atoms with E-state index in [1.807, 2.05) is 0 Å². The maximum Gasteiger partial charge on any atom is 0.243 e. The van der Waals surface area contributed by atoms with Gasteiger partial charge in [0.1, 0.15) is 0 Å². The van der Waals surface area contributed by atoms with Crippen LogP contribution in [0.4, 0.5) is 0 Å². The summed E-state index contributed by atoms with van der Waals surface area (Å²) in [5.41, 5.74) is 2.62. The number of hydrogen-bond donors (Lipinski definition) is 1. The Balaban J connectivity index is 2.01. The van der Waals surface area contributed by atoms with Crippen molar-refractivity contribution in [2.45, 2.75) is 83.7 Å². The molecule has 0 heterocycles. The molecule has 100 valence electrons. The molecule has 0 radical (unpaired) electrons. The molecule has 3 nitrogen and oxygen atoms in total. The van der Waals surface area contributed by atoms with Crippen LogP contribution in [0.5, 0.6) is 0 Å². The number of unbranched alkanes of at least 4 members (excludes halogenated alkanes) is 3. The van der Waals surface area contributed by atoms with E-state index < -0.39 is 0 Å². The molecule has 1 saturated carbocycles. The smallest absolute Gasteiger partial charge is 0.243 e. The van der Waals surface area contributed by atoms with Crippen molar-refractivity contribution in [3.05, 3.63) is 0 Å². The van der Waals surface area contributed by atoms with Gasteiger partial charge in [0.25, 0.3) is 0 Å². The average molecular weight is 241 g/mol. The third-order valence-electron chi connectivity index (χ3n) is 3.40. The van der Waals surface area contributed by atoms with Gasteiger partial charge in [0.05, 0.1) is 6.10 Å². The summed E-state index contributed by atoms with van der Waals surface area (Å²) in [6.07, 6.45) is 12.7. The van der Waals surface area contributed by atoms with Crippen LogP contribution in [0.2, 0.25) is 0 Å². The first-order valence-electron chi connectivity index (χ1n) is 7.27. The zero-order valence-corrected chi connectivity index (χ0v) is 11.2. The van der Waals surface area contributed by atoms with Gasteiger partial charge in [-0.15, -0.1) is 0 Å². The molecule has 17 heavy (non-hydrogen) atoms. The van der Waals surface area contributed by atoms with Gasteiger partial charge in [-0.2, -0.15) is 0 Å². The molecule has 3 heteroatoms. The summed E-state index contributed by atoms with van der Waals surface area (Å²) in [6, 6.07) is 0. The minimum absolute atomic E-state index is 0.0466. The van der Waals surface area contributed by atoms with Crippen LogP contribution in [0.15, 0.2) is 0 Å². The second kappa shape index (κ2) is 9.46. The number of amides is 1. The van der Waals surface area contributed by atoms with Gasteiger partial charge < -0.3 is 0 Å². The maximum absolute atomic E-state index is 11.5. The lowest BCUT2D eigenvalue weighted by Gasteiger charge is -2.15. The fourth-order valence-corrected chi connectivity index (χ4v) is 2.27. The van der Waals surface area contributed by atoms with Crippen molar-refractivity contribution in [3.63, 3.8) is 0 Å². The number of hydroxylamine groups is 1. The van der Waals surface area contributed by atoms with Gasteiger partial charge in [-0.1, -0.05) is 51.9 Å². The molecule has 0 atom stereocenters. The highest BCUT2D eigenvalue weighted by molar-refractivity contribution is 5.74. The number of carbonyl (C=O) groups excluding carboxylic acids is 1. The van der Waals surface area contributed by atoms with Gasteiger partial charge in [-0.3, -0.25) is 9.63 Å². The molecular formula is C14H27NO2. The quantitative estimate of drug-likeness (QED) is 0.419. The summed E-state index contributed by atoms with van der Waals surface area (Å²) >= 11 is 0. The lowest BCUT2D eigenvalue weighted by molar-refractivity contribution is -0.139. The van der Waals surface area contributed by atoms with E-state index >= 15 is 0 Å². The number of hydrogen-bond acceptors (Lipinski definition) is 2. The first kappa shape index (κ1) is 14.5. The summed E-state index contributed by atoms with van der Waals surface area (Å²) < 4.78 is 0. The molecule has 1 fully saturated rings. The molecular weight excluding hydrogens is 214 g/mol. The zero-order valence-electron chi connectivity index (χ0n) is 11.2. The van der Waals surface area contributed by atoms with Crippen molar-refractivity contribution in [3.8, 4) is 0 Å². The summed E-state index contributed by atoms with van der Waals surface area (Å²) in [4.78, 5) is 17.0. The Morgan fingerprint density at radius 3 is 2.47 bits per heavy atom. The molecule has 0 spiro atoms. The van der Waals surface area contributed by atoms with Crippen molar-refractivity contribution >= 4 is 5.91 Å². The van der Waals surface area contributed by atoms with Crippen LogP contribution in [0.3, 0.4) is 0 Å². The third kappa shape index (κ3) is 7.37. The van der Waals surface area contributed by atoms with E-state index in [4.69, 9.17) is 4.84 Å². The molecule has 0 aromatic rings. The molecule has 0 saturated heterocycles. The van der Waals surface area contributed by atoms with E-state index in [0.717, 1.165) is 25.7 Å². The Bertz CT molecular complexity index is 198. The minimum Gasteiger partial charge on any atom is -0.273 e. The fraction of sp³-hybridized carbons (Fsp3) is 0.929. The first-order chi connectivity index (χ1) is 8.33. The summed E-state index contributed by atoms with van der Waals surface area (Å²) in [6.45, 7) is 2.18. The summed E-state index contributed by atoms with van der Waals surface area (Å²) in [5.74, 6) is 0.0466. The molecule has 0 unspecified atom stereocenters. The van der Waals surface area contributed by atoms with Crippen LogP contribution >= 0.6 is 0 Å². The highest BCUT2D eigenvalue weighted by Gasteiger charge is 2.13. The van der Waals surface area contributed by atoms with E-state index in [1.54, 1.807) is 0 Å². The van der Waals surface area contributed by atoms with E-state index in [1.165, 1.54) is 38.5 Å². The van der Waals surface area contributed by atoms with Crippen LogP contribution in [0.25, 0.3) is 0 Å².